The van der Waals surface area contributed by atoms with Crippen LogP contribution in [0, 0.1) is 0 Å². The molecule has 2 aliphatic rings. The standard InChI is InChI=1S/C28H23ClN4O2/c29-21-9-4-8-20(16-21)27-31-28-30-23-10-5-11-24(34)25(23)26(33(28)32-27)19-12-14-22(15-13-19)35-17-18-6-2-1-3-7-18/h1-4,6-9,12-16,26H,5,10-11,17H2,(H,30,31,32). The molecule has 3 aromatic carbocycles. The minimum absolute atomic E-state index is 0.151. The highest BCUT2D eigenvalue weighted by atomic mass is 35.5. The molecule has 0 saturated carbocycles. The summed E-state index contributed by atoms with van der Waals surface area (Å²) in [5.74, 6) is 2.12. The van der Waals surface area contributed by atoms with E-state index >= 15 is 0 Å². The van der Waals surface area contributed by atoms with Crippen molar-refractivity contribution in [3.63, 3.8) is 0 Å². The van der Waals surface area contributed by atoms with Crippen LogP contribution in [0.3, 0.4) is 0 Å². The molecule has 1 atom stereocenters. The van der Waals surface area contributed by atoms with Gasteiger partial charge in [-0.25, -0.2) is 4.68 Å². The summed E-state index contributed by atoms with van der Waals surface area (Å²) in [6.45, 7) is 0.498. The molecule has 6 nitrogen and oxygen atoms in total. The molecule has 2 heterocycles. The number of hydrogen-bond acceptors (Lipinski definition) is 5. The highest BCUT2D eigenvalue weighted by molar-refractivity contribution is 6.30. The van der Waals surface area contributed by atoms with Crippen LogP contribution in [-0.2, 0) is 11.4 Å². The largest absolute Gasteiger partial charge is 0.489 e. The minimum Gasteiger partial charge on any atom is -0.489 e. The lowest BCUT2D eigenvalue weighted by Gasteiger charge is -2.32. The summed E-state index contributed by atoms with van der Waals surface area (Å²) in [5, 5.41) is 8.81. The average molecular weight is 483 g/mol. The molecule has 1 N–H and O–H groups in total. The fraction of sp³-hybridized carbons (Fsp3) is 0.179. The summed E-state index contributed by atoms with van der Waals surface area (Å²) in [6.07, 6.45) is 2.19. The number of rotatable bonds is 5. The van der Waals surface area contributed by atoms with Crippen molar-refractivity contribution in [1.29, 1.82) is 0 Å². The SMILES string of the molecule is O=C1CCCC2=C1C(c1ccc(OCc3ccccc3)cc1)n1nc(-c3cccc(Cl)c3)nc1N2. The zero-order chi connectivity index (χ0) is 23.8. The van der Waals surface area contributed by atoms with Crippen LogP contribution < -0.4 is 10.1 Å². The first-order valence-corrected chi connectivity index (χ1v) is 12.1. The Morgan fingerprint density at radius 1 is 1.00 bits per heavy atom. The third kappa shape index (κ3) is 4.21. The first-order valence-electron chi connectivity index (χ1n) is 11.7. The maximum Gasteiger partial charge on any atom is 0.226 e. The van der Waals surface area contributed by atoms with Gasteiger partial charge in [-0.2, -0.15) is 4.98 Å². The van der Waals surface area contributed by atoms with Crippen LogP contribution in [0.5, 0.6) is 5.75 Å². The molecule has 4 aromatic rings. The van der Waals surface area contributed by atoms with E-state index in [2.05, 4.69) is 5.32 Å². The van der Waals surface area contributed by atoms with Crippen molar-refractivity contribution < 1.29 is 9.53 Å². The number of aromatic nitrogens is 3. The number of Topliss-reactive ketones (excluding diaryl/α,β-unsaturated/α-hetero) is 1. The molecule has 174 valence electrons. The van der Waals surface area contributed by atoms with Gasteiger partial charge in [0.05, 0.1) is 0 Å². The third-order valence-corrected chi connectivity index (χ3v) is 6.63. The summed E-state index contributed by atoms with van der Waals surface area (Å²) in [4.78, 5) is 17.8. The lowest BCUT2D eigenvalue weighted by molar-refractivity contribution is -0.116. The van der Waals surface area contributed by atoms with Crippen LogP contribution in [0.25, 0.3) is 11.4 Å². The Labute approximate surface area is 208 Å². The van der Waals surface area contributed by atoms with Crippen molar-refractivity contribution in [2.24, 2.45) is 0 Å². The third-order valence-electron chi connectivity index (χ3n) is 6.40. The molecule has 35 heavy (non-hydrogen) atoms. The predicted molar refractivity (Wildman–Crippen MR) is 135 cm³/mol. The number of carbonyl (C=O) groups is 1. The second kappa shape index (κ2) is 9.04. The van der Waals surface area contributed by atoms with Crippen LogP contribution in [0.4, 0.5) is 5.95 Å². The number of anilines is 1. The molecule has 7 heteroatoms. The molecule has 0 amide bonds. The Balaban J connectivity index is 1.35. The van der Waals surface area contributed by atoms with E-state index in [-0.39, 0.29) is 11.8 Å². The molecular weight excluding hydrogens is 460 g/mol. The highest BCUT2D eigenvalue weighted by Crippen LogP contribution is 2.41. The number of hydrogen-bond donors (Lipinski definition) is 1. The number of ketones is 1. The zero-order valence-corrected chi connectivity index (χ0v) is 19.7. The Bertz CT molecular complexity index is 1430. The predicted octanol–water partition coefficient (Wildman–Crippen LogP) is 6.20. The maximum atomic E-state index is 13.1. The van der Waals surface area contributed by atoms with Gasteiger partial charge in [0, 0.05) is 28.3 Å². The molecule has 0 fully saturated rings. The van der Waals surface area contributed by atoms with Gasteiger partial charge in [-0.1, -0.05) is 66.2 Å². The van der Waals surface area contributed by atoms with Crippen molar-refractivity contribution in [3.05, 3.63) is 106 Å². The van der Waals surface area contributed by atoms with Crippen LogP contribution in [0.2, 0.25) is 5.02 Å². The fourth-order valence-corrected chi connectivity index (χ4v) is 4.89. The van der Waals surface area contributed by atoms with Gasteiger partial charge in [0.25, 0.3) is 0 Å². The van der Waals surface area contributed by atoms with Crippen LogP contribution in [0.15, 0.2) is 90.1 Å². The van der Waals surface area contributed by atoms with E-state index in [0.717, 1.165) is 46.6 Å². The normalized spacial score (nSPS) is 16.9. The molecule has 1 unspecified atom stereocenters. The number of halogens is 1. The Morgan fingerprint density at radius 2 is 1.83 bits per heavy atom. The first kappa shape index (κ1) is 21.6. The van der Waals surface area contributed by atoms with Gasteiger partial charge in [-0.05, 0) is 48.2 Å². The lowest BCUT2D eigenvalue weighted by atomic mass is 9.85. The van der Waals surface area contributed by atoms with E-state index in [4.69, 9.17) is 26.4 Å². The van der Waals surface area contributed by atoms with Crippen molar-refractivity contribution >= 4 is 23.3 Å². The maximum absolute atomic E-state index is 13.1. The van der Waals surface area contributed by atoms with Crippen LogP contribution >= 0.6 is 11.6 Å². The minimum atomic E-state index is -0.349. The topological polar surface area (TPSA) is 69.0 Å². The zero-order valence-electron chi connectivity index (χ0n) is 18.9. The second-order valence-electron chi connectivity index (χ2n) is 8.75. The number of ether oxygens (including phenoxy) is 1. The van der Waals surface area contributed by atoms with E-state index < -0.39 is 0 Å². The quantitative estimate of drug-likeness (QED) is 0.367. The van der Waals surface area contributed by atoms with E-state index in [9.17, 15) is 4.79 Å². The van der Waals surface area contributed by atoms with Gasteiger partial charge in [0.2, 0.25) is 5.95 Å². The van der Waals surface area contributed by atoms with Crippen molar-refractivity contribution in [3.8, 4) is 17.1 Å². The molecule has 0 spiro atoms. The van der Waals surface area contributed by atoms with E-state index in [0.29, 0.717) is 29.8 Å². The number of nitrogens with zero attached hydrogens (tertiary/aromatic N) is 3. The van der Waals surface area contributed by atoms with E-state index in [1.165, 1.54) is 0 Å². The smallest absolute Gasteiger partial charge is 0.226 e. The summed E-state index contributed by atoms with van der Waals surface area (Å²) in [6, 6.07) is 25.1. The highest BCUT2D eigenvalue weighted by Gasteiger charge is 2.36. The summed E-state index contributed by atoms with van der Waals surface area (Å²) in [5.41, 5.74) is 4.61. The molecule has 0 radical (unpaired) electrons. The Morgan fingerprint density at radius 3 is 2.63 bits per heavy atom. The number of fused-ring (bicyclic) bond motifs is 1. The van der Waals surface area contributed by atoms with Crippen molar-refractivity contribution in [2.75, 3.05) is 5.32 Å². The van der Waals surface area contributed by atoms with E-state index in [1.807, 2.05) is 83.5 Å². The van der Waals surface area contributed by atoms with Gasteiger partial charge >= 0.3 is 0 Å². The van der Waals surface area contributed by atoms with Crippen LogP contribution in [0.1, 0.15) is 36.4 Å². The number of allylic oxidation sites excluding steroid dienone is 2. The van der Waals surface area contributed by atoms with E-state index in [1.54, 1.807) is 0 Å². The number of carbonyl (C=O) groups excluding carboxylic acids is 1. The molecule has 0 saturated heterocycles. The van der Waals surface area contributed by atoms with Crippen molar-refractivity contribution in [1.82, 2.24) is 14.8 Å². The van der Waals surface area contributed by atoms with Gasteiger partial charge in [-0.3, -0.25) is 4.79 Å². The monoisotopic (exact) mass is 482 g/mol. The molecular formula is C28H23ClN4O2. The number of nitrogens with one attached hydrogen (secondary N) is 1. The van der Waals surface area contributed by atoms with Gasteiger partial charge in [-0.15, -0.1) is 5.10 Å². The molecule has 1 aliphatic carbocycles. The van der Waals surface area contributed by atoms with Gasteiger partial charge < -0.3 is 10.1 Å². The summed E-state index contributed by atoms with van der Waals surface area (Å²) < 4.78 is 7.78. The summed E-state index contributed by atoms with van der Waals surface area (Å²) in [7, 11) is 0. The summed E-state index contributed by atoms with van der Waals surface area (Å²) >= 11 is 6.20. The fourth-order valence-electron chi connectivity index (χ4n) is 4.70. The molecule has 1 aromatic heterocycles. The van der Waals surface area contributed by atoms with Gasteiger partial charge in [0.1, 0.15) is 18.4 Å². The van der Waals surface area contributed by atoms with Crippen molar-refractivity contribution in [2.45, 2.75) is 31.9 Å². The molecule has 6 rings (SSSR count). The molecule has 1 aliphatic heterocycles. The number of benzene rings is 3. The lowest BCUT2D eigenvalue weighted by Crippen LogP contribution is -2.31. The Hall–Kier alpha value is -3.90. The first-order chi connectivity index (χ1) is 17.2. The van der Waals surface area contributed by atoms with Crippen LogP contribution in [-0.4, -0.2) is 20.5 Å². The molecule has 0 bridgehead atoms. The average Bonchev–Trinajstić information content (AvgIpc) is 3.31. The van der Waals surface area contributed by atoms with Gasteiger partial charge in [0.15, 0.2) is 11.6 Å². The second-order valence-corrected chi connectivity index (χ2v) is 9.19. The Kier molecular flexibility index (Phi) is 5.58.